The number of halogens is 1. The van der Waals surface area contributed by atoms with Crippen molar-refractivity contribution in [3.05, 3.63) is 53.1 Å². The summed E-state index contributed by atoms with van der Waals surface area (Å²) >= 11 is 5.89. The standard InChI is InChI=1S/C16H19ClN2O3S/c1-11(12-4-6-13(17)7-5-12)18-14-8-9-16(22-2)15(10-14)19-23(3,20)21/h4-11,18-19H,1-3H3/t11-/m1/s1. The van der Waals surface area contributed by atoms with Gasteiger partial charge in [0.15, 0.2) is 0 Å². The second-order valence-corrected chi connectivity index (χ2v) is 7.39. The van der Waals surface area contributed by atoms with Crippen molar-refractivity contribution < 1.29 is 13.2 Å². The summed E-state index contributed by atoms with van der Waals surface area (Å²) in [6.07, 6.45) is 1.10. The van der Waals surface area contributed by atoms with Crippen molar-refractivity contribution in [2.45, 2.75) is 13.0 Å². The zero-order chi connectivity index (χ0) is 17.0. The molecule has 7 heteroatoms. The molecule has 2 aromatic rings. The summed E-state index contributed by atoms with van der Waals surface area (Å²) in [6.45, 7) is 2.01. The van der Waals surface area contributed by atoms with Crippen molar-refractivity contribution in [1.82, 2.24) is 0 Å². The van der Waals surface area contributed by atoms with E-state index >= 15 is 0 Å². The Balaban J connectivity index is 2.22. The first kappa shape index (κ1) is 17.4. The first-order valence-electron chi connectivity index (χ1n) is 6.96. The number of anilines is 2. The minimum absolute atomic E-state index is 0.0340. The smallest absolute Gasteiger partial charge is 0.229 e. The third-order valence-corrected chi connectivity index (χ3v) is 4.09. The van der Waals surface area contributed by atoms with Crippen molar-refractivity contribution in [2.75, 3.05) is 23.4 Å². The van der Waals surface area contributed by atoms with Crippen LogP contribution in [0.2, 0.25) is 5.02 Å². The van der Waals surface area contributed by atoms with E-state index in [1.807, 2.05) is 37.3 Å². The minimum atomic E-state index is -3.38. The number of rotatable bonds is 6. The Bertz CT molecular complexity index is 776. The number of ether oxygens (including phenoxy) is 1. The molecule has 2 rings (SSSR count). The van der Waals surface area contributed by atoms with Gasteiger partial charge in [0.2, 0.25) is 10.0 Å². The van der Waals surface area contributed by atoms with Crippen LogP contribution in [0.3, 0.4) is 0 Å². The molecule has 0 aliphatic heterocycles. The fourth-order valence-electron chi connectivity index (χ4n) is 2.16. The van der Waals surface area contributed by atoms with Crippen molar-refractivity contribution in [2.24, 2.45) is 0 Å². The maximum atomic E-state index is 11.5. The van der Waals surface area contributed by atoms with Crippen LogP contribution in [0.4, 0.5) is 11.4 Å². The van der Waals surface area contributed by atoms with Gasteiger partial charge >= 0.3 is 0 Å². The molecule has 0 radical (unpaired) electrons. The Morgan fingerprint density at radius 1 is 1.13 bits per heavy atom. The molecule has 1 atom stereocenters. The average Bonchev–Trinajstić information content (AvgIpc) is 2.46. The quantitative estimate of drug-likeness (QED) is 0.825. The Hall–Kier alpha value is -1.92. The summed E-state index contributed by atoms with van der Waals surface area (Å²) in [5, 5.41) is 4.01. The van der Waals surface area contributed by atoms with Gasteiger partial charge in [-0.25, -0.2) is 8.42 Å². The molecule has 2 aromatic carbocycles. The van der Waals surface area contributed by atoms with Gasteiger partial charge in [-0.15, -0.1) is 0 Å². The summed E-state index contributed by atoms with van der Waals surface area (Å²) < 4.78 is 30.5. The summed E-state index contributed by atoms with van der Waals surface area (Å²) in [5.74, 6) is 0.458. The third kappa shape index (κ3) is 5.04. The van der Waals surface area contributed by atoms with E-state index in [1.54, 1.807) is 12.1 Å². The van der Waals surface area contributed by atoms with Gasteiger partial charge in [-0.1, -0.05) is 23.7 Å². The molecule has 0 saturated heterocycles. The van der Waals surface area contributed by atoms with E-state index < -0.39 is 10.0 Å². The predicted molar refractivity (Wildman–Crippen MR) is 95.0 cm³/mol. The Morgan fingerprint density at radius 2 is 1.78 bits per heavy atom. The number of nitrogens with one attached hydrogen (secondary N) is 2. The highest BCUT2D eigenvalue weighted by atomic mass is 35.5. The molecule has 124 valence electrons. The second-order valence-electron chi connectivity index (χ2n) is 5.21. The highest BCUT2D eigenvalue weighted by molar-refractivity contribution is 7.92. The average molecular weight is 355 g/mol. The minimum Gasteiger partial charge on any atom is -0.495 e. The fourth-order valence-corrected chi connectivity index (χ4v) is 2.85. The molecule has 23 heavy (non-hydrogen) atoms. The SMILES string of the molecule is COc1ccc(N[C@H](C)c2ccc(Cl)cc2)cc1NS(C)(=O)=O. The number of benzene rings is 2. The maximum Gasteiger partial charge on any atom is 0.229 e. The Kier molecular flexibility index (Phi) is 5.38. The molecule has 0 heterocycles. The molecule has 5 nitrogen and oxygen atoms in total. The van der Waals surface area contributed by atoms with Crippen LogP contribution in [0, 0.1) is 0 Å². The molecular formula is C16H19ClN2O3S. The lowest BCUT2D eigenvalue weighted by Gasteiger charge is -2.18. The highest BCUT2D eigenvalue weighted by Crippen LogP contribution is 2.30. The van der Waals surface area contributed by atoms with Crippen molar-refractivity contribution in [1.29, 1.82) is 0 Å². The van der Waals surface area contributed by atoms with Crippen molar-refractivity contribution >= 4 is 33.0 Å². The number of hydrogen-bond acceptors (Lipinski definition) is 4. The highest BCUT2D eigenvalue weighted by Gasteiger charge is 2.11. The Morgan fingerprint density at radius 3 is 2.35 bits per heavy atom. The maximum absolute atomic E-state index is 11.5. The van der Waals surface area contributed by atoms with E-state index in [0.29, 0.717) is 16.5 Å². The monoisotopic (exact) mass is 354 g/mol. The van der Waals surface area contributed by atoms with Crippen LogP contribution >= 0.6 is 11.6 Å². The van der Waals surface area contributed by atoms with Gasteiger partial charge in [-0.05, 0) is 42.8 Å². The molecule has 0 spiro atoms. The van der Waals surface area contributed by atoms with Gasteiger partial charge in [-0.2, -0.15) is 0 Å². The van der Waals surface area contributed by atoms with Gasteiger partial charge in [0.1, 0.15) is 5.75 Å². The van der Waals surface area contributed by atoms with Crippen LogP contribution in [0.15, 0.2) is 42.5 Å². The lowest BCUT2D eigenvalue weighted by atomic mass is 10.1. The van der Waals surface area contributed by atoms with Gasteiger partial charge in [0.05, 0.1) is 19.1 Å². The van der Waals surface area contributed by atoms with E-state index in [0.717, 1.165) is 17.5 Å². The summed E-state index contributed by atoms with van der Waals surface area (Å²) in [7, 11) is -1.89. The van der Waals surface area contributed by atoms with Gasteiger partial charge in [-0.3, -0.25) is 4.72 Å². The first-order valence-corrected chi connectivity index (χ1v) is 9.23. The summed E-state index contributed by atoms with van der Waals surface area (Å²) in [4.78, 5) is 0. The number of methoxy groups -OCH3 is 1. The zero-order valence-electron chi connectivity index (χ0n) is 13.1. The van der Waals surface area contributed by atoms with Crippen molar-refractivity contribution in [3.63, 3.8) is 0 Å². The molecule has 0 aliphatic rings. The topological polar surface area (TPSA) is 67.4 Å². The van der Waals surface area contributed by atoms with Crippen LogP contribution in [0.25, 0.3) is 0 Å². The van der Waals surface area contributed by atoms with E-state index in [2.05, 4.69) is 10.0 Å². The van der Waals surface area contributed by atoms with Gasteiger partial charge in [0.25, 0.3) is 0 Å². The van der Waals surface area contributed by atoms with E-state index in [4.69, 9.17) is 16.3 Å². The van der Waals surface area contributed by atoms with Crippen LogP contribution in [-0.2, 0) is 10.0 Å². The van der Waals surface area contributed by atoms with E-state index in [9.17, 15) is 8.42 Å². The first-order chi connectivity index (χ1) is 10.8. The van der Waals surface area contributed by atoms with Crippen molar-refractivity contribution in [3.8, 4) is 5.75 Å². The van der Waals surface area contributed by atoms with Crippen LogP contribution < -0.4 is 14.8 Å². The lowest BCUT2D eigenvalue weighted by molar-refractivity contribution is 0.417. The number of hydrogen-bond donors (Lipinski definition) is 2. The molecule has 0 bridgehead atoms. The summed E-state index contributed by atoms with van der Waals surface area (Å²) in [6, 6.07) is 12.8. The number of sulfonamides is 1. The molecule has 0 amide bonds. The normalized spacial score (nSPS) is 12.5. The predicted octanol–water partition coefficient (Wildman–Crippen LogP) is 3.89. The summed E-state index contributed by atoms with van der Waals surface area (Å²) in [5.41, 5.74) is 2.24. The molecule has 0 fully saturated rings. The molecule has 0 saturated carbocycles. The van der Waals surface area contributed by atoms with Crippen LogP contribution in [-0.4, -0.2) is 21.8 Å². The molecule has 0 aromatic heterocycles. The molecule has 0 aliphatic carbocycles. The van der Waals surface area contributed by atoms with Crippen LogP contribution in [0.1, 0.15) is 18.5 Å². The molecule has 2 N–H and O–H groups in total. The largest absolute Gasteiger partial charge is 0.495 e. The van der Waals surface area contributed by atoms with E-state index in [1.165, 1.54) is 7.11 Å². The van der Waals surface area contributed by atoms with Gasteiger partial charge < -0.3 is 10.1 Å². The Labute approximate surface area is 141 Å². The molecular weight excluding hydrogens is 336 g/mol. The zero-order valence-corrected chi connectivity index (χ0v) is 14.7. The van der Waals surface area contributed by atoms with E-state index in [-0.39, 0.29) is 6.04 Å². The second kappa shape index (κ2) is 7.10. The third-order valence-electron chi connectivity index (χ3n) is 3.25. The molecule has 0 unspecified atom stereocenters. The fraction of sp³-hybridized carbons (Fsp3) is 0.250. The van der Waals surface area contributed by atoms with Gasteiger partial charge in [0, 0.05) is 16.8 Å². The van der Waals surface area contributed by atoms with Crippen LogP contribution in [0.5, 0.6) is 5.75 Å². The lowest BCUT2D eigenvalue weighted by Crippen LogP contribution is -2.11.